The summed E-state index contributed by atoms with van der Waals surface area (Å²) in [6.45, 7) is 12.2. The molecule has 3 rings (SSSR count). The van der Waals surface area contributed by atoms with Crippen molar-refractivity contribution in [2.24, 2.45) is 0 Å². The van der Waals surface area contributed by atoms with Gasteiger partial charge in [0.15, 0.2) is 0 Å². The molecule has 0 aliphatic carbocycles. The fraction of sp³-hybridized carbons (Fsp3) is 0.429. The number of methoxy groups -OCH3 is 1. The standard InChI is InChI=1S/C28H36N2O5/c1-7-29(8-2)22-12-9-20(10-13-22)25-24(27(32)28(33)30(25)15-16-34-6)26(31)21-11-14-23(19(5)17-21)35-18(3)4/h9-14,17-18,25,31H,7-8,15-16H2,1-6H3/b26-24-. The van der Waals surface area contributed by atoms with Crippen LogP contribution in [-0.4, -0.2) is 61.2 Å². The first-order valence-electron chi connectivity index (χ1n) is 12.1. The number of anilines is 1. The lowest BCUT2D eigenvalue weighted by Crippen LogP contribution is -2.32. The van der Waals surface area contributed by atoms with Crippen molar-refractivity contribution in [1.82, 2.24) is 4.90 Å². The van der Waals surface area contributed by atoms with Crippen molar-refractivity contribution in [2.75, 3.05) is 38.3 Å². The molecule has 35 heavy (non-hydrogen) atoms. The fourth-order valence-corrected chi connectivity index (χ4v) is 4.44. The SMILES string of the molecule is CCN(CC)c1ccc(C2/C(=C(/O)c3ccc(OC(C)C)c(C)c3)C(=O)C(=O)N2CCOC)cc1. The minimum atomic E-state index is -0.706. The first-order chi connectivity index (χ1) is 16.7. The first kappa shape index (κ1) is 26.3. The number of carbonyl (C=O) groups excluding carboxylic acids is 2. The number of likely N-dealkylation sites (tertiary alicyclic amines) is 1. The lowest BCUT2D eigenvalue weighted by atomic mass is 9.94. The number of rotatable bonds is 10. The van der Waals surface area contributed by atoms with Crippen molar-refractivity contribution in [1.29, 1.82) is 0 Å². The van der Waals surface area contributed by atoms with Crippen molar-refractivity contribution in [3.8, 4) is 5.75 Å². The Morgan fingerprint density at radius 1 is 1.09 bits per heavy atom. The zero-order valence-electron chi connectivity index (χ0n) is 21.5. The number of nitrogens with zero attached hydrogens (tertiary/aromatic N) is 2. The van der Waals surface area contributed by atoms with Gasteiger partial charge in [0.25, 0.3) is 11.7 Å². The van der Waals surface area contributed by atoms with Crippen molar-refractivity contribution >= 4 is 23.1 Å². The highest BCUT2D eigenvalue weighted by Crippen LogP contribution is 2.40. The number of hydrogen-bond acceptors (Lipinski definition) is 6. The van der Waals surface area contributed by atoms with E-state index < -0.39 is 17.7 Å². The first-order valence-corrected chi connectivity index (χ1v) is 12.1. The largest absolute Gasteiger partial charge is 0.507 e. The molecule has 0 aromatic heterocycles. The van der Waals surface area contributed by atoms with E-state index in [0.29, 0.717) is 11.3 Å². The highest BCUT2D eigenvalue weighted by atomic mass is 16.5. The van der Waals surface area contributed by atoms with Crippen molar-refractivity contribution in [3.63, 3.8) is 0 Å². The summed E-state index contributed by atoms with van der Waals surface area (Å²) in [7, 11) is 1.55. The highest BCUT2D eigenvalue weighted by molar-refractivity contribution is 6.46. The quantitative estimate of drug-likeness (QED) is 0.302. The molecule has 0 radical (unpaired) electrons. The second kappa shape index (κ2) is 11.4. The summed E-state index contributed by atoms with van der Waals surface area (Å²) in [5.41, 5.74) is 3.20. The van der Waals surface area contributed by atoms with E-state index in [-0.39, 0.29) is 30.6 Å². The van der Waals surface area contributed by atoms with Crippen LogP contribution in [0.2, 0.25) is 0 Å². The van der Waals surface area contributed by atoms with Gasteiger partial charge >= 0.3 is 0 Å². The van der Waals surface area contributed by atoms with Crippen LogP contribution in [0, 0.1) is 6.92 Å². The van der Waals surface area contributed by atoms with E-state index in [4.69, 9.17) is 9.47 Å². The molecule has 1 saturated heterocycles. The van der Waals surface area contributed by atoms with Crippen LogP contribution >= 0.6 is 0 Å². The van der Waals surface area contributed by atoms with Gasteiger partial charge in [-0.25, -0.2) is 0 Å². The van der Waals surface area contributed by atoms with Crippen molar-refractivity contribution in [2.45, 2.75) is 46.8 Å². The van der Waals surface area contributed by atoms with Gasteiger partial charge in [-0.05, 0) is 76.1 Å². The number of aryl methyl sites for hydroxylation is 1. The summed E-state index contributed by atoms with van der Waals surface area (Å²) in [4.78, 5) is 29.9. The molecule has 188 valence electrons. The Labute approximate surface area is 207 Å². The number of amides is 1. The molecular formula is C28H36N2O5. The van der Waals surface area contributed by atoms with E-state index in [2.05, 4.69) is 18.7 Å². The number of aliphatic hydroxyl groups excluding tert-OH is 1. The second-order valence-corrected chi connectivity index (χ2v) is 8.90. The molecule has 1 aliphatic rings. The molecule has 7 heteroatoms. The molecule has 7 nitrogen and oxygen atoms in total. The summed E-state index contributed by atoms with van der Waals surface area (Å²) in [5.74, 6) is -0.824. The number of ether oxygens (including phenoxy) is 2. The molecule has 2 aromatic rings. The van der Waals surface area contributed by atoms with Gasteiger partial charge in [0.1, 0.15) is 11.5 Å². The van der Waals surface area contributed by atoms with Gasteiger partial charge in [0.05, 0.1) is 24.3 Å². The molecule has 1 N–H and O–H groups in total. The zero-order valence-corrected chi connectivity index (χ0v) is 21.5. The molecule has 2 aromatic carbocycles. The molecule has 0 spiro atoms. The Morgan fingerprint density at radius 3 is 2.29 bits per heavy atom. The predicted octanol–water partition coefficient (Wildman–Crippen LogP) is 4.70. The molecule has 0 saturated carbocycles. The maximum absolute atomic E-state index is 13.2. The van der Waals surface area contributed by atoms with Crippen LogP contribution in [0.25, 0.3) is 5.76 Å². The van der Waals surface area contributed by atoms with Gasteiger partial charge in [0.2, 0.25) is 0 Å². The van der Waals surface area contributed by atoms with Crippen molar-refractivity contribution in [3.05, 3.63) is 64.7 Å². The molecule has 1 unspecified atom stereocenters. The summed E-state index contributed by atoms with van der Waals surface area (Å²) in [6, 6.07) is 12.4. The number of Topliss-reactive ketones (excluding diaryl/α,β-unsaturated/α-hetero) is 1. The summed E-state index contributed by atoms with van der Waals surface area (Å²) in [5, 5.41) is 11.3. The average Bonchev–Trinajstić information content (AvgIpc) is 3.09. The van der Waals surface area contributed by atoms with E-state index in [1.54, 1.807) is 25.3 Å². The van der Waals surface area contributed by atoms with Gasteiger partial charge in [0, 0.05) is 38.0 Å². The molecule has 1 heterocycles. The number of hydrogen-bond donors (Lipinski definition) is 1. The van der Waals surface area contributed by atoms with Crippen LogP contribution in [0.15, 0.2) is 48.0 Å². The van der Waals surface area contributed by atoms with Crippen LogP contribution in [0.1, 0.15) is 50.4 Å². The predicted molar refractivity (Wildman–Crippen MR) is 138 cm³/mol. The molecule has 1 aliphatic heterocycles. The monoisotopic (exact) mass is 480 g/mol. The third-order valence-electron chi connectivity index (χ3n) is 6.22. The summed E-state index contributed by atoms with van der Waals surface area (Å²) in [6.07, 6.45) is 0.0126. The van der Waals surface area contributed by atoms with E-state index in [1.807, 2.05) is 45.0 Å². The Hall–Kier alpha value is -3.32. The van der Waals surface area contributed by atoms with E-state index in [1.165, 1.54) is 4.90 Å². The van der Waals surface area contributed by atoms with Crippen LogP contribution in [0.3, 0.4) is 0 Å². The number of ketones is 1. The van der Waals surface area contributed by atoms with E-state index in [0.717, 1.165) is 29.9 Å². The smallest absolute Gasteiger partial charge is 0.295 e. The van der Waals surface area contributed by atoms with Gasteiger partial charge in [-0.3, -0.25) is 9.59 Å². The van der Waals surface area contributed by atoms with Crippen LogP contribution in [0.5, 0.6) is 5.75 Å². The third-order valence-corrected chi connectivity index (χ3v) is 6.22. The Morgan fingerprint density at radius 2 is 1.74 bits per heavy atom. The lowest BCUT2D eigenvalue weighted by Gasteiger charge is -2.26. The topological polar surface area (TPSA) is 79.3 Å². The van der Waals surface area contributed by atoms with E-state index in [9.17, 15) is 14.7 Å². The minimum absolute atomic E-state index is 0.0126. The van der Waals surface area contributed by atoms with Crippen LogP contribution in [0.4, 0.5) is 5.69 Å². The van der Waals surface area contributed by atoms with E-state index >= 15 is 0 Å². The Bertz CT molecular complexity index is 1090. The third kappa shape index (κ3) is 5.51. The molecular weight excluding hydrogens is 444 g/mol. The maximum Gasteiger partial charge on any atom is 0.295 e. The normalized spacial score (nSPS) is 17.3. The summed E-state index contributed by atoms with van der Waals surface area (Å²) >= 11 is 0. The molecule has 1 fully saturated rings. The highest BCUT2D eigenvalue weighted by Gasteiger charge is 2.45. The maximum atomic E-state index is 13.2. The second-order valence-electron chi connectivity index (χ2n) is 8.90. The van der Waals surface area contributed by atoms with Crippen LogP contribution in [-0.2, 0) is 14.3 Å². The summed E-state index contributed by atoms with van der Waals surface area (Å²) < 4.78 is 11.0. The number of carbonyl (C=O) groups is 2. The zero-order chi connectivity index (χ0) is 25.7. The van der Waals surface area contributed by atoms with Crippen molar-refractivity contribution < 1.29 is 24.2 Å². The lowest BCUT2D eigenvalue weighted by molar-refractivity contribution is -0.140. The minimum Gasteiger partial charge on any atom is -0.507 e. The van der Waals surface area contributed by atoms with Gasteiger partial charge < -0.3 is 24.4 Å². The Kier molecular flexibility index (Phi) is 8.57. The van der Waals surface area contributed by atoms with Crippen LogP contribution < -0.4 is 9.64 Å². The number of aliphatic hydroxyl groups is 1. The molecule has 1 amide bonds. The Balaban J connectivity index is 2.10. The van der Waals surface area contributed by atoms with Gasteiger partial charge in [-0.1, -0.05) is 12.1 Å². The average molecular weight is 481 g/mol. The fourth-order valence-electron chi connectivity index (χ4n) is 4.44. The molecule has 1 atom stereocenters. The van der Waals surface area contributed by atoms with Gasteiger partial charge in [-0.2, -0.15) is 0 Å². The van der Waals surface area contributed by atoms with Gasteiger partial charge in [-0.15, -0.1) is 0 Å². The number of benzene rings is 2. The molecule has 0 bridgehead atoms.